The molecule has 0 bridgehead atoms. The van der Waals surface area contributed by atoms with Crippen molar-refractivity contribution in [2.45, 2.75) is 33.1 Å². The molecule has 0 aliphatic carbocycles. The number of amides is 1. The highest BCUT2D eigenvalue weighted by atomic mass is 16.2. The Bertz CT molecular complexity index is 932. The lowest BCUT2D eigenvalue weighted by Gasteiger charge is -2.32. The van der Waals surface area contributed by atoms with E-state index in [4.69, 9.17) is 0 Å². The van der Waals surface area contributed by atoms with Crippen molar-refractivity contribution >= 4 is 16.8 Å². The number of aromatic nitrogens is 1. The number of hydrogen-bond donors (Lipinski definition) is 1. The lowest BCUT2D eigenvalue weighted by molar-refractivity contribution is 0.0690. The maximum Gasteiger partial charge on any atom is 0.254 e. The van der Waals surface area contributed by atoms with E-state index in [0.29, 0.717) is 5.92 Å². The highest BCUT2D eigenvalue weighted by molar-refractivity contribution is 5.95. The van der Waals surface area contributed by atoms with Gasteiger partial charge >= 0.3 is 0 Å². The number of hydrogen-bond acceptors (Lipinski definition) is 1. The van der Waals surface area contributed by atoms with Gasteiger partial charge in [-0.25, -0.2) is 0 Å². The molecule has 0 atom stereocenters. The molecule has 134 valence electrons. The van der Waals surface area contributed by atoms with Crippen LogP contribution in [-0.4, -0.2) is 28.9 Å². The van der Waals surface area contributed by atoms with Crippen molar-refractivity contribution in [2.75, 3.05) is 13.1 Å². The van der Waals surface area contributed by atoms with Crippen molar-refractivity contribution in [2.24, 2.45) is 5.92 Å². The van der Waals surface area contributed by atoms with Crippen LogP contribution in [-0.2, 0) is 6.42 Å². The van der Waals surface area contributed by atoms with E-state index < -0.39 is 0 Å². The van der Waals surface area contributed by atoms with E-state index in [2.05, 4.69) is 36.2 Å². The summed E-state index contributed by atoms with van der Waals surface area (Å²) in [5.41, 5.74) is 5.87. The maximum absolute atomic E-state index is 12.8. The molecule has 0 spiro atoms. The Kier molecular flexibility index (Phi) is 4.54. The van der Waals surface area contributed by atoms with Crippen molar-refractivity contribution in [1.82, 2.24) is 9.88 Å². The van der Waals surface area contributed by atoms with E-state index in [9.17, 15) is 4.79 Å². The molecular formula is C23H26N2O. The van der Waals surface area contributed by atoms with Gasteiger partial charge in [-0.05, 0) is 62.3 Å². The van der Waals surface area contributed by atoms with E-state index in [1.54, 1.807) is 0 Å². The molecule has 2 aromatic carbocycles. The quantitative estimate of drug-likeness (QED) is 0.721. The molecule has 3 aromatic rings. The van der Waals surface area contributed by atoms with Crippen LogP contribution in [0.5, 0.6) is 0 Å². The van der Waals surface area contributed by atoms with Gasteiger partial charge in [-0.3, -0.25) is 4.79 Å². The number of likely N-dealkylation sites (tertiary alicyclic amines) is 1. The maximum atomic E-state index is 12.8. The largest absolute Gasteiger partial charge is 0.358 e. The van der Waals surface area contributed by atoms with Gasteiger partial charge in [0.05, 0.1) is 0 Å². The summed E-state index contributed by atoms with van der Waals surface area (Å²) < 4.78 is 0. The first-order valence-corrected chi connectivity index (χ1v) is 9.54. The van der Waals surface area contributed by atoms with Gasteiger partial charge in [0, 0.05) is 35.2 Å². The van der Waals surface area contributed by atoms with Crippen LogP contribution in [0, 0.1) is 19.8 Å². The third-order valence-corrected chi connectivity index (χ3v) is 5.80. The molecule has 0 unspecified atom stereocenters. The molecule has 1 aromatic heterocycles. The molecule has 1 amide bonds. The van der Waals surface area contributed by atoms with E-state index in [1.807, 2.05) is 36.1 Å². The van der Waals surface area contributed by atoms with Gasteiger partial charge in [-0.15, -0.1) is 0 Å². The molecule has 3 heteroatoms. The predicted molar refractivity (Wildman–Crippen MR) is 107 cm³/mol. The monoisotopic (exact) mass is 346 g/mol. The van der Waals surface area contributed by atoms with Crippen LogP contribution in [0.2, 0.25) is 0 Å². The van der Waals surface area contributed by atoms with Gasteiger partial charge in [0.15, 0.2) is 0 Å². The third kappa shape index (κ3) is 3.14. The van der Waals surface area contributed by atoms with Gasteiger partial charge in [-0.2, -0.15) is 0 Å². The summed E-state index contributed by atoms with van der Waals surface area (Å²) in [6.45, 7) is 5.91. The van der Waals surface area contributed by atoms with E-state index >= 15 is 0 Å². The van der Waals surface area contributed by atoms with Crippen molar-refractivity contribution in [1.29, 1.82) is 0 Å². The number of nitrogens with one attached hydrogen (secondary N) is 1. The number of carbonyl (C=O) groups is 1. The van der Waals surface area contributed by atoms with E-state index in [0.717, 1.165) is 43.5 Å². The molecule has 1 saturated heterocycles. The van der Waals surface area contributed by atoms with Gasteiger partial charge < -0.3 is 9.88 Å². The van der Waals surface area contributed by atoms with Gasteiger partial charge in [0.1, 0.15) is 0 Å². The molecular weight excluding hydrogens is 320 g/mol. The summed E-state index contributed by atoms with van der Waals surface area (Å²) >= 11 is 0. The second kappa shape index (κ2) is 6.99. The Labute approximate surface area is 155 Å². The lowest BCUT2D eigenvalue weighted by atomic mass is 9.89. The lowest BCUT2D eigenvalue weighted by Crippen LogP contribution is -2.39. The highest BCUT2D eigenvalue weighted by Crippen LogP contribution is 2.29. The number of carbonyl (C=O) groups excluding carboxylic acids is 1. The fraction of sp³-hybridized carbons (Fsp3) is 0.348. The molecule has 4 rings (SSSR count). The Balaban J connectivity index is 1.43. The number of nitrogens with zero attached hydrogens (tertiary/aromatic N) is 1. The van der Waals surface area contributed by atoms with Crippen LogP contribution in [0.4, 0.5) is 0 Å². The van der Waals surface area contributed by atoms with Crippen LogP contribution in [0.15, 0.2) is 48.5 Å². The molecule has 0 radical (unpaired) electrons. The zero-order chi connectivity index (χ0) is 18.1. The third-order valence-electron chi connectivity index (χ3n) is 5.80. The van der Waals surface area contributed by atoms with Gasteiger partial charge in [0.25, 0.3) is 5.91 Å². The van der Waals surface area contributed by atoms with Crippen molar-refractivity contribution < 1.29 is 4.79 Å². The standard InChI is InChI=1S/C23H26N2O/c1-16-7-3-4-8-19(16)23(26)25-13-11-18(12-14-25)15-21-17(2)24-22-10-6-5-9-20(21)22/h3-10,18,24H,11-15H2,1-2H3. The minimum atomic E-state index is 0.185. The number of H-pyrrole nitrogens is 1. The second-order valence-corrected chi connectivity index (χ2v) is 7.53. The molecule has 1 fully saturated rings. The first-order chi connectivity index (χ1) is 12.6. The smallest absolute Gasteiger partial charge is 0.254 e. The van der Waals surface area contributed by atoms with Gasteiger partial charge in [-0.1, -0.05) is 36.4 Å². The topological polar surface area (TPSA) is 36.1 Å². The second-order valence-electron chi connectivity index (χ2n) is 7.53. The average molecular weight is 346 g/mol. The zero-order valence-corrected chi connectivity index (χ0v) is 15.6. The number of rotatable bonds is 3. The fourth-order valence-corrected chi connectivity index (χ4v) is 4.21. The fourth-order valence-electron chi connectivity index (χ4n) is 4.21. The Morgan fingerprint density at radius 1 is 1.04 bits per heavy atom. The van der Waals surface area contributed by atoms with Crippen LogP contribution < -0.4 is 0 Å². The summed E-state index contributed by atoms with van der Waals surface area (Å²) in [5.74, 6) is 0.832. The Morgan fingerprint density at radius 2 is 1.73 bits per heavy atom. The molecule has 1 N–H and O–H groups in total. The molecule has 1 aliphatic heterocycles. The number of aryl methyl sites for hydroxylation is 2. The number of fused-ring (bicyclic) bond motifs is 1. The van der Waals surface area contributed by atoms with Crippen LogP contribution in [0.25, 0.3) is 10.9 Å². The minimum absolute atomic E-state index is 0.185. The van der Waals surface area contributed by atoms with Crippen molar-refractivity contribution in [3.8, 4) is 0 Å². The first-order valence-electron chi connectivity index (χ1n) is 9.54. The van der Waals surface area contributed by atoms with Crippen molar-refractivity contribution in [3.63, 3.8) is 0 Å². The van der Waals surface area contributed by atoms with Gasteiger partial charge in [0.2, 0.25) is 0 Å². The summed E-state index contributed by atoms with van der Waals surface area (Å²) in [4.78, 5) is 18.3. The summed E-state index contributed by atoms with van der Waals surface area (Å²) in [5, 5.41) is 1.35. The van der Waals surface area contributed by atoms with Crippen LogP contribution in [0.3, 0.4) is 0 Å². The Morgan fingerprint density at radius 3 is 2.50 bits per heavy atom. The molecule has 0 saturated carbocycles. The molecule has 1 aliphatic rings. The van der Waals surface area contributed by atoms with Crippen LogP contribution in [0.1, 0.15) is 40.0 Å². The Hall–Kier alpha value is -2.55. The molecule has 26 heavy (non-hydrogen) atoms. The summed E-state index contributed by atoms with van der Waals surface area (Å²) in [6, 6.07) is 16.5. The van der Waals surface area contributed by atoms with E-state index in [-0.39, 0.29) is 5.91 Å². The average Bonchev–Trinajstić information content (AvgIpc) is 2.98. The molecule has 2 heterocycles. The summed E-state index contributed by atoms with van der Waals surface area (Å²) in [6.07, 6.45) is 3.26. The van der Waals surface area contributed by atoms with Crippen molar-refractivity contribution in [3.05, 3.63) is 70.9 Å². The summed E-state index contributed by atoms with van der Waals surface area (Å²) in [7, 11) is 0. The number of para-hydroxylation sites is 1. The highest BCUT2D eigenvalue weighted by Gasteiger charge is 2.25. The zero-order valence-electron chi connectivity index (χ0n) is 15.6. The predicted octanol–water partition coefficient (Wildman–Crippen LogP) is 4.88. The number of benzene rings is 2. The molecule has 3 nitrogen and oxygen atoms in total. The first kappa shape index (κ1) is 16.9. The minimum Gasteiger partial charge on any atom is -0.358 e. The van der Waals surface area contributed by atoms with Crippen LogP contribution >= 0.6 is 0 Å². The van der Waals surface area contributed by atoms with E-state index in [1.165, 1.54) is 22.2 Å². The number of piperidine rings is 1. The normalized spacial score (nSPS) is 15.5. The SMILES string of the molecule is Cc1ccccc1C(=O)N1CCC(Cc2c(C)[nH]c3ccccc23)CC1. The number of aromatic amines is 1.